The van der Waals surface area contributed by atoms with Crippen molar-refractivity contribution in [2.75, 3.05) is 18.5 Å². The third kappa shape index (κ3) is 7.30. The lowest BCUT2D eigenvalue weighted by atomic mass is 10.2. The highest BCUT2D eigenvalue weighted by molar-refractivity contribution is 6.35. The average Bonchev–Trinajstić information content (AvgIpc) is 2.71. The van der Waals surface area contributed by atoms with Gasteiger partial charge < -0.3 is 15.4 Å². The molecule has 0 aromatic heterocycles. The molecule has 3 amide bonds. The fraction of sp³-hybridized carbons (Fsp3) is 0.143. The van der Waals surface area contributed by atoms with Crippen LogP contribution < -0.4 is 20.8 Å². The second-order valence-electron chi connectivity index (χ2n) is 5.94. The van der Waals surface area contributed by atoms with Gasteiger partial charge in [0.25, 0.3) is 5.91 Å². The standard InChI is InChI=1S/C21H22N4O4/c1-3-11-22-20(27)21(28)25-23-13-16-8-4-5-10-18(16)29-14-19(26)24-17-9-6-7-15(2)12-17/h3-10,12-13H,1,11,14H2,2H3,(H,22,27)(H,24,26)(H,25,28)/b23-13-. The number of nitrogens with zero attached hydrogens (tertiary/aromatic N) is 1. The van der Waals surface area contributed by atoms with Crippen LogP contribution in [0.25, 0.3) is 0 Å². The van der Waals surface area contributed by atoms with Crippen LogP contribution in [0, 0.1) is 6.92 Å². The van der Waals surface area contributed by atoms with E-state index in [-0.39, 0.29) is 19.1 Å². The fourth-order valence-corrected chi connectivity index (χ4v) is 2.24. The van der Waals surface area contributed by atoms with E-state index in [0.29, 0.717) is 17.0 Å². The van der Waals surface area contributed by atoms with Gasteiger partial charge in [0.15, 0.2) is 6.61 Å². The Balaban J connectivity index is 1.91. The number of ether oxygens (including phenoxy) is 1. The monoisotopic (exact) mass is 394 g/mol. The van der Waals surface area contributed by atoms with Crippen LogP contribution in [0.5, 0.6) is 5.75 Å². The molecule has 2 aromatic rings. The third-order valence-electron chi connectivity index (χ3n) is 3.56. The van der Waals surface area contributed by atoms with Crippen LogP contribution in [0.15, 0.2) is 66.3 Å². The molecule has 2 rings (SSSR count). The Labute approximate surface area is 168 Å². The van der Waals surface area contributed by atoms with E-state index in [4.69, 9.17) is 4.74 Å². The Bertz CT molecular complexity index is 924. The van der Waals surface area contributed by atoms with Crippen molar-refractivity contribution in [3.05, 3.63) is 72.3 Å². The van der Waals surface area contributed by atoms with Gasteiger partial charge in [0.2, 0.25) is 0 Å². The van der Waals surface area contributed by atoms with Gasteiger partial charge in [-0.05, 0) is 36.8 Å². The SMILES string of the molecule is C=CCNC(=O)C(=O)N/N=C\c1ccccc1OCC(=O)Nc1cccc(C)c1. The van der Waals surface area contributed by atoms with Crippen molar-refractivity contribution in [3.63, 3.8) is 0 Å². The zero-order valence-electron chi connectivity index (χ0n) is 16.0. The van der Waals surface area contributed by atoms with Gasteiger partial charge in [-0.25, -0.2) is 5.43 Å². The van der Waals surface area contributed by atoms with E-state index in [0.717, 1.165) is 5.56 Å². The summed E-state index contributed by atoms with van der Waals surface area (Å²) in [6, 6.07) is 14.3. The van der Waals surface area contributed by atoms with Crippen LogP contribution in [-0.4, -0.2) is 37.1 Å². The van der Waals surface area contributed by atoms with E-state index >= 15 is 0 Å². The minimum atomic E-state index is -0.904. The van der Waals surface area contributed by atoms with Crippen LogP contribution in [0.2, 0.25) is 0 Å². The predicted molar refractivity (Wildman–Crippen MR) is 111 cm³/mol. The van der Waals surface area contributed by atoms with Crippen LogP contribution in [0.4, 0.5) is 5.69 Å². The number of anilines is 1. The first-order valence-corrected chi connectivity index (χ1v) is 8.80. The zero-order valence-corrected chi connectivity index (χ0v) is 16.0. The second-order valence-corrected chi connectivity index (χ2v) is 5.94. The maximum atomic E-state index is 12.1. The molecule has 0 aliphatic rings. The summed E-state index contributed by atoms with van der Waals surface area (Å²) >= 11 is 0. The van der Waals surface area contributed by atoms with Crippen LogP contribution in [-0.2, 0) is 14.4 Å². The Kier molecular flexibility index (Phi) is 8.12. The molecule has 0 spiro atoms. The summed E-state index contributed by atoms with van der Waals surface area (Å²) in [7, 11) is 0. The molecular formula is C21H22N4O4. The van der Waals surface area contributed by atoms with Gasteiger partial charge >= 0.3 is 11.8 Å². The first kappa shape index (κ1) is 21.4. The van der Waals surface area contributed by atoms with Crippen molar-refractivity contribution in [2.45, 2.75) is 6.92 Å². The smallest absolute Gasteiger partial charge is 0.329 e. The van der Waals surface area contributed by atoms with Crippen molar-refractivity contribution >= 4 is 29.6 Å². The number of para-hydroxylation sites is 1. The minimum absolute atomic E-state index is 0.178. The first-order valence-electron chi connectivity index (χ1n) is 8.80. The highest BCUT2D eigenvalue weighted by atomic mass is 16.5. The number of hydrogen-bond donors (Lipinski definition) is 3. The number of hydrogen-bond acceptors (Lipinski definition) is 5. The first-order chi connectivity index (χ1) is 14.0. The molecule has 0 radical (unpaired) electrons. The van der Waals surface area contributed by atoms with Gasteiger partial charge in [-0.15, -0.1) is 6.58 Å². The molecule has 0 saturated carbocycles. The van der Waals surface area contributed by atoms with E-state index in [2.05, 4.69) is 27.7 Å². The molecule has 8 nitrogen and oxygen atoms in total. The second kappa shape index (κ2) is 11.0. The molecule has 0 atom stereocenters. The van der Waals surface area contributed by atoms with E-state index in [1.54, 1.807) is 30.3 Å². The van der Waals surface area contributed by atoms with Crippen LogP contribution >= 0.6 is 0 Å². The quantitative estimate of drug-likeness (QED) is 0.274. The lowest BCUT2D eigenvalue weighted by Gasteiger charge is -2.10. The Morgan fingerprint density at radius 3 is 2.66 bits per heavy atom. The van der Waals surface area contributed by atoms with Gasteiger partial charge in [0, 0.05) is 17.8 Å². The summed E-state index contributed by atoms with van der Waals surface area (Å²) in [6.07, 6.45) is 2.78. The zero-order chi connectivity index (χ0) is 21.1. The van der Waals surface area contributed by atoms with Gasteiger partial charge in [0.05, 0.1) is 6.21 Å². The highest BCUT2D eigenvalue weighted by Gasteiger charge is 2.11. The molecule has 150 valence electrons. The molecule has 2 aromatic carbocycles. The minimum Gasteiger partial charge on any atom is -0.483 e. The maximum absolute atomic E-state index is 12.1. The number of benzene rings is 2. The van der Waals surface area contributed by atoms with Crippen molar-refractivity contribution in [3.8, 4) is 5.75 Å². The molecule has 8 heteroatoms. The molecule has 29 heavy (non-hydrogen) atoms. The molecule has 0 aliphatic carbocycles. The average molecular weight is 394 g/mol. The number of rotatable bonds is 8. The molecule has 0 fully saturated rings. The molecule has 0 aliphatic heterocycles. The summed E-state index contributed by atoms with van der Waals surface area (Å²) in [6.45, 7) is 5.35. The van der Waals surface area contributed by atoms with Crippen molar-refractivity contribution < 1.29 is 19.1 Å². The van der Waals surface area contributed by atoms with E-state index < -0.39 is 11.8 Å². The molecular weight excluding hydrogens is 372 g/mol. The van der Waals surface area contributed by atoms with E-state index in [1.807, 2.05) is 25.1 Å². The number of aryl methyl sites for hydroxylation is 1. The molecule has 3 N–H and O–H groups in total. The Morgan fingerprint density at radius 2 is 1.90 bits per heavy atom. The van der Waals surface area contributed by atoms with Crippen LogP contribution in [0.3, 0.4) is 0 Å². The summed E-state index contributed by atoms with van der Waals surface area (Å²) in [5.41, 5.74) is 4.37. The summed E-state index contributed by atoms with van der Waals surface area (Å²) < 4.78 is 5.55. The molecule has 0 unspecified atom stereocenters. The predicted octanol–water partition coefficient (Wildman–Crippen LogP) is 1.76. The number of amides is 3. The van der Waals surface area contributed by atoms with E-state index in [9.17, 15) is 14.4 Å². The number of carbonyl (C=O) groups is 3. The maximum Gasteiger partial charge on any atom is 0.329 e. The topological polar surface area (TPSA) is 109 Å². The third-order valence-corrected chi connectivity index (χ3v) is 3.56. The van der Waals surface area contributed by atoms with Crippen molar-refractivity contribution in [2.24, 2.45) is 5.10 Å². The van der Waals surface area contributed by atoms with Gasteiger partial charge in [-0.3, -0.25) is 14.4 Å². The lowest BCUT2D eigenvalue weighted by molar-refractivity contribution is -0.139. The number of hydrazone groups is 1. The Morgan fingerprint density at radius 1 is 1.10 bits per heavy atom. The lowest BCUT2D eigenvalue weighted by Crippen LogP contribution is -2.37. The van der Waals surface area contributed by atoms with Gasteiger partial charge in [0.1, 0.15) is 5.75 Å². The fourth-order valence-electron chi connectivity index (χ4n) is 2.24. The molecule has 0 heterocycles. The van der Waals surface area contributed by atoms with Crippen molar-refractivity contribution in [1.82, 2.24) is 10.7 Å². The highest BCUT2D eigenvalue weighted by Crippen LogP contribution is 2.16. The van der Waals surface area contributed by atoms with Crippen LogP contribution in [0.1, 0.15) is 11.1 Å². The largest absolute Gasteiger partial charge is 0.483 e. The molecule has 0 saturated heterocycles. The Hall–Kier alpha value is -3.94. The van der Waals surface area contributed by atoms with E-state index in [1.165, 1.54) is 12.3 Å². The number of carbonyl (C=O) groups excluding carboxylic acids is 3. The summed E-state index contributed by atoms with van der Waals surface area (Å²) in [5.74, 6) is -1.63. The molecule has 0 bridgehead atoms. The van der Waals surface area contributed by atoms with Crippen molar-refractivity contribution in [1.29, 1.82) is 0 Å². The summed E-state index contributed by atoms with van der Waals surface area (Å²) in [5, 5.41) is 8.83. The number of nitrogens with one attached hydrogen (secondary N) is 3. The van der Waals surface area contributed by atoms with Gasteiger partial charge in [-0.2, -0.15) is 5.10 Å². The van der Waals surface area contributed by atoms with Gasteiger partial charge in [-0.1, -0.05) is 30.3 Å². The normalized spacial score (nSPS) is 10.2. The summed E-state index contributed by atoms with van der Waals surface area (Å²) in [4.78, 5) is 35.1.